The van der Waals surface area contributed by atoms with Crippen LogP contribution in [-0.2, 0) is 14.2 Å². The summed E-state index contributed by atoms with van der Waals surface area (Å²) in [4.78, 5) is 29.2. The molecular formula is C37H40BIN2O6. The van der Waals surface area contributed by atoms with Crippen molar-refractivity contribution in [3.63, 3.8) is 0 Å². The molecule has 0 bridgehead atoms. The van der Waals surface area contributed by atoms with Crippen LogP contribution in [0.15, 0.2) is 83.4 Å². The van der Waals surface area contributed by atoms with E-state index in [0.717, 1.165) is 47.3 Å². The summed E-state index contributed by atoms with van der Waals surface area (Å²) in [7, 11) is 0.530. The highest BCUT2D eigenvalue weighted by atomic mass is 127. The van der Waals surface area contributed by atoms with E-state index in [2.05, 4.69) is 40.9 Å². The van der Waals surface area contributed by atoms with Crippen LogP contribution in [0.1, 0.15) is 51.5 Å². The topological polar surface area (TPSA) is 108 Å². The molecule has 2 fully saturated rings. The molecule has 0 unspecified atom stereocenters. The number of halogens is 1. The number of phenolic OH excluding ortho intramolecular Hbond substituents is 1. The van der Waals surface area contributed by atoms with Crippen LogP contribution in [0.4, 0.5) is 17.1 Å². The van der Waals surface area contributed by atoms with Crippen LogP contribution < -0.4 is 15.0 Å². The first-order chi connectivity index (χ1) is 22.7. The van der Waals surface area contributed by atoms with Crippen molar-refractivity contribution in [3.05, 3.63) is 92.6 Å². The van der Waals surface area contributed by atoms with Gasteiger partial charge >= 0.3 is 7.12 Å². The van der Waals surface area contributed by atoms with E-state index in [1.165, 1.54) is 10.5 Å². The van der Waals surface area contributed by atoms with Gasteiger partial charge in [-0.3, -0.25) is 14.5 Å². The zero-order valence-corrected chi connectivity index (χ0v) is 29.1. The number of allylic oxidation sites excluding steroid dienone is 2. The molecule has 2 saturated heterocycles. The molecule has 3 aromatic rings. The number of hydrogen-bond acceptors (Lipinski definition) is 7. The second kappa shape index (κ2) is 14.3. The van der Waals surface area contributed by atoms with E-state index in [-0.39, 0.29) is 29.6 Å². The molecule has 2 heterocycles. The lowest BCUT2D eigenvalue weighted by atomic mass is 9.58. The maximum absolute atomic E-state index is 14.1. The lowest BCUT2D eigenvalue weighted by Gasteiger charge is -2.42. The molecular weight excluding hydrogens is 706 g/mol. The summed E-state index contributed by atoms with van der Waals surface area (Å²) in [6, 6.07) is 21.0. The first-order valence-electron chi connectivity index (χ1n) is 16.3. The highest BCUT2D eigenvalue weighted by Gasteiger charge is 2.57. The molecule has 6 rings (SSSR count). The van der Waals surface area contributed by atoms with Crippen molar-refractivity contribution in [2.45, 2.75) is 58.4 Å². The fourth-order valence-electron chi connectivity index (χ4n) is 7.53. The van der Waals surface area contributed by atoms with Gasteiger partial charge in [0.15, 0.2) is 11.5 Å². The lowest BCUT2D eigenvalue weighted by molar-refractivity contribution is -0.122. The highest BCUT2D eigenvalue weighted by Crippen LogP contribution is 2.51. The Bertz CT molecular complexity index is 1710. The Kier molecular flexibility index (Phi) is 10.1. The summed E-state index contributed by atoms with van der Waals surface area (Å²) < 4.78 is 12.2. The monoisotopic (exact) mass is 746 g/mol. The first kappa shape index (κ1) is 33.3. The van der Waals surface area contributed by atoms with Crippen molar-refractivity contribution >= 4 is 64.7 Å². The van der Waals surface area contributed by atoms with Crippen molar-refractivity contribution in [3.8, 4) is 11.5 Å². The number of benzene rings is 3. The summed E-state index contributed by atoms with van der Waals surface area (Å²) in [5, 5.41) is 24.5. The van der Waals surface area contributed by atoms with E-state index < -0.39 is 19.0 Å². The normalized spacial score (nSPS) is 22.8. The molecule has 1 aliphatic carbocycles. The maximum Gasteiger partial charge on any atom is 0.455 e. The van der Waals surface area contributed by atoms with E-state index >= 15 is 0 Å². The predicted molar refractivity (Wildman–Crippen MR) is 194 cm³/mol. The quantitative estimate of drug-likeness (QED) is 0.0844. The summed E-state index contributed by atoms with van der Waals surface area (Å²) in [5.74, 6) is -1.05. The number of imide groups is 1. The zero-order chi connectivity index (χ0) is 33.2. The van der Waals surface area contributed by atoms with Gasteiger partial charge in [-0.25, -0.2) is 0 Å². The van der Waals surface area contributed by atoms with Crippen LogP contribution in [0.5, 0.6) is 11.5 Å². The minimum Gasteiger partial charge on any atom is -0.504 e. The number of amides is 2. The number of fused-ring (bicyclic) bond motifs is 3. The van der Waals surface area contributed by atoms with E-state index in [1.807, 2.05) is 73.7 Å². The Morgan fingerprint density at radius 1 is 1.06 bits per heavy atom. The smallest absolute Gasteiger partial charge is 0.455 e. The van der Waals surface area contributed by atoms with Crippen LogP contribution >= 0.6 is 22.6 Å². The maximum atomic E-state index is 14.1. The number of carbonyl (C=O) groups is 2. The first-order valence-corrected chi connectivity index (χ1v) is 17.3. The number of hydrogen-bond donors (Lipinski definition) is 3. The number of nitrogens with one attached hydrogen (secondary N) is 1. The molecule has 10 heteroatoms. The number of phenols is 1. The van der Waals surface area contributed by atoms with Gasteiger partial charge in [-0.2, -0.15) is 0 Å². The molecule has 244 valence electrons. The van der Waals surface area contributed by atoms with E-state index in [0.29, 0.717) is 34.2 Å². The molecule has 0 spiro atoms. The van der Waals surface area contributed by atoms with Crippen molar-refractivity contribution in [2.24, 2.45) is 17.8 Å². The third kappa shape index (κ3) is 6.86. The molecule has 0 aromatic heterocycles. The number of anilines is 3. The molecule has 8 nitrogen and oxygen atoms in total. The third-order valence-electron chi connectivity index (χ3n) is 9.58. The Morgan fingerprint density at radius 3 is 2.49 bits per heavy atom. The third-order valence-corrected chi connectivity index (χ3v) is 10.4. The van der Waals surface area contributed by atoms with Gasteiger partial charge < -0.3 is 24.8 Å². The zero-order valence-electron chi connectivity index (χ0n) is 26.9. The molecule has 2 amide bonds. The standard InChI is InChI=1S/C37H40BIN2O6/c1-4-8-23(18-24-19-30(39)35(42)32(20-24)46-3)11-16-31-33-22(2)17-28-34(29(33)21-38(45)47-31)37(44)41(36(28)43)27-14-12-26(13-15-27)40-25-9-6-5-7-10-25/h5-7,9-10,12-15,18-20,28-29,31,34,40,42,45H,4,8,11,16-17,21H2,1-3H3/b23-18+/t28-,29+,31-,34-/m1/s1. The Morgan fingerprint density at radius 2 is 1.79 bits per heavy atom. The van der Waals surface area contributed by atoms with Crippen LogP contribution in [0, 0.1) is 21.3 Å². The van der Waals surface area contributed by atoms with Gasteiger partial charge in [0.1, 0.15) is 0 Å². The number of ether oxygens (including phenoxy) is 1. The summed E-state index contributed by atoms with van der Waals surface area (Å²) in [6.07, 6.45) is 5.84. The second-order valence-corrected chi connectivity index (χ2v) is 13.9. The van der Waals surface area contributed by atoms with Crippen molar-refractivity contribution in [2.75, 3.05) is 17.3 Å². The van der Waals surface area contributed by atoms with E-state index in [1.54, 1.807) is 7.11 Å². The molecule has 3 aliphatic rings. The fraction of sp³-hybridized carbons (Fsp3) is 0.351. The number of methoxy groups -OCH3 is 1. The number of carbonyl (C=O) groups excluding carboxylic acids is 2. The lowest BCUT2D eigenvalue weighted by Crippen LogP contribution is -2.46. The molecule has 3 N–H and O–H groups in total. The Hall–Kier alpha value is -3.61. The van der Waals surface area contributed by atoms with E-state index in [9.17, 15) is 19.7 Å². The molecule has 0 radical (unpaired) electrons. The average molecular weight is 746 g/mol. The number of para-hydroxylation sites is 1. The van der Waals surface area contributed by atoms with Crippen molar-refractivity contribution in [1.29, 1.82) is 0 Å². The largest absolute Gasteiger partial charge is 0.504 e. The van der Waals surface area contributed by atoms with Crippen LogP contribution in [-0.4, -0.2) is 42.3 Å². The molecule has 0 saturated carbocycles. The fourth-order valence-corrected chi connectivity index (χ4v) is 8.16. The van der Waals surface area contributed by atoms with Crippen LogP contribution in [0.3, 0.4) is 0 Å². The van der Waals surface area contributed by atoms with Gasteiger partial charge in [0.05, 0.1) is 34.3 Å². The molecule has 3 aromatic carbocycles. The van der Waals surface area contributed by atoms with Gasteiger partial charge in [0.2, 0.25) is 11.8 Å². The Balaban J connectivity index is 1.21. The van der Waals surface area contributed by atoms with Gasteiger partial charge in [-0.15, -0.1) is 0 Å². The van der Waals surface area contributed by atoms with Crippen LogP contribution in [0.2, 0.25) is 6.32 Å². The van der Waals surface area contributed by atoms with Crippen molar-refractivity contribution in [1.82, 2.24) is 0 Å². The SMILES string of the molecule is CCC/C(=C\c1cc(I)c(O)c(OC)c1)CC[C@H]1OB(O)C[C@H]2C1=C(C)C[C@H]1C(=O)N(c3ccc(Nc4ccccc4)cc3)C(=O)[C@H]12. The molecule has 47 heavy (non-hydrogen) atoms. The summed E-state index contributed by atoms with van der Waals surface area (Å²) >= 11 is 2.10. The molecule has 4 atom stereocenters. The number of nitrogens with zero attached hydrogens (tertiary/aromatic N) is 1. The molecule has 2 aliphatic heterocycles. The number of aromatic hydroxyl groups is 1. The highest BCUT2D eigenvalue weighted by molar-refractivity contribution is 14.1. The minimum atomic E-state index is -1.01. The summed E-state index contributed by atoms with van der Waals surface area (Å²) in [6.45, 7) is 4.19. The van der Waals surface area contributed by atoms with E-state index in [4.69, 9.17) is 9.39 Å². The predicted octanol–water partition coefficient (Wildman–Crippen LogP) is 7.73. The van der Waals surface area contributed by atoms with Gasteiger partial charge in [0.25, 0.3) is 0 Å². The average Bonchev–Trinajstić information content (AvgIpc) is 3.30. The Labute approximate surface area is 290 Å². The van der Waals surface area contributed by atoms with Crippen molar-refractivity contribution < 1.29 is 29.1 Å². The second-order valence-electron chi connectivity index (χ2n) is 12.7. The van der Waals surface area contributed by atoms with Gasteiger partial charge in [-0.1, -0.05) is 48.8 Å². The minimum absolute atomic E-state index is 0.131. The number of rotatable bonds is 10. The van der Waals surface area contributed by atoms with Gasteiger partial charge in [0, 0.05) is 11.4 Å². The van der Waals surface area contributed by atoms with Crippen LogP contribution in [0.25, 0.3) is 6.08 Å². The van der Waals surface area contributed by atoms with Gasteiger partial charge in [-0.05, 0) is 127 Å². The summed E-state index contributed by atoms with van der Waals surface area (Å²) in [5.41, 5.74) is 6.70.